The molecule has 0 unspecified atom stereocenters. The molecule has 0 saturated carbocycles. The minimum Gasteiger partial charge on any atom is -0.319 e. The number of amides is 1. The number of carbonyl (C=O) groups is 1. The molecule has 7 nitrogen and oxygen atoms in total. The second-order valence-corrected chi connectivity index (χ2v) is 7.86. The van der Waals surface area contributed by atoms with Gasteiger partial charge in [-0.05, 0) is 25.5 Å². The van der Waals surface area contributed by atoms with E-state index in [-0.39, 0.29) is 5.91 Å². The van der Waals surface area contributed by atoms with Crippen LogP contribution in [0.2, 0.25) is 0 Å². The Kier molecular flexibility index (Phi) is 4.99. The Morgan fingerprint density at radius 1 is 0.969 bits per heavy atom. The van der Waals surface area contributed by atoms with Crippen molar-refractivity contribution in [3.8, 4) is 11.3 Å². The van der Waals surface area contributed by atoms with Crippen molar-refractivity contribution < 1.29 is 4.79 Å². The van der Waals surface area contributed by atoms with E-state index in [1.807, 2.05) is 49.5 Å². The van der Waals surface area contributed by atoms with Crippen molar-refractivity contribution in [2.75, 3.05) is 5.32 Å². The maximum absolute atomic E-state index is 13.0. The smallest absolute Gasteiger partial charge is 0.261 e. The van der Waals surface area contributed by atoms with Gasteiger partial charge in [0.25, 0.3) is 5.91 Å². The van der Waals surface area contributed by atoms with E-state index >= 15 is 0 Å². The average molecular weight is 422 g/mol. The molecule has 5 aromatic rings. The number of anilines is 1. The molecule has 3 aromatic heterocycles. The number of rotatable bonds is 5. The number of aromatic nitrogens is 5. The maximum atomic E-state index is 13.0. The summed E-state index contributed by atoms with van der Waals surface area (Å²) in [7, 11) is 0. The van der Waals surface area contributed by atoms with E-state index in [1.165, 1.54) is 11.1 Å². The summed E-state index contributed by atoms with van der Waals surface area (Å²) in [4.78, 5) is 17.3. The van der Waals surface area contributed by atoms with Gasteiger partial charge >= 0.3 is 0 Å². The van der Waals surface area contributed by atoms with Gasteiger partial charge in [-0.15, -0.1) is 0 Å². The highest BCUT2D eigenvalue weighted by molar-refractivity contribution is 6.08. The Balaban J connectivity index is 1.37. The van der Waals surface area contributed by atoms with Crippen LogP contribution in [-0.4, -0.2) is 30.3 Å². The normalized spacial score (nSPS) is 11.1. The number of benzene rings is 2. The first-order valence-corrected chi connectivity index (χ1v) is 10.4. The number of carbonyl (C=O) groups excluding carboxylic acids is 1. The lowest BCUT2D eigenvalue weighted by Crippen LogP contribution is -2.11. The number of aryl methyl sites for hydroxylation is 2. The van der Waals surface area contributed by atoms with Gasteiger partial charge in [0.15, 0.2) is 5.65 Å². The molecular formula is C25H22N6O. The van der Waals surface area contributed by atoms with Crippen molar-refractivity contribution in [3.63, 3.8) is 0 Å². The van der Waals surface area contributed by atoms with Crippen molar-refractivity contribution in [1.29, 1.82) is 0 Å². The first-order chi connectivity index (χ1) is 15.6. The zero-order chi connectivity index (χ0) is 22.1. The fourth-order valence-corrected chi connectivity index (χ4v) is 3.71. The lowest BCUT2D eigenvalue weighted by Gasteiger charge is -2.06. The van der Waals surface area contributed by atoms with Crippen molar-refractivity contribution >= 4 is 17.2 Å². The molecule has 3 heterocycles. The third-order valence-electron chi connectivity index (χ3n) is 5.31. The lowest BCUT2D eigenvalue weighted by atomic mass is 10.1. The largest absolute Gasteiger partial charge is 0.319 e. The van der Waals surface area contributed by atoms with Crippen LogP contribution in [-0.2, 0) is 6.54 Å². The molecule has 158 valence electrons. The molecule has 0 aliphatic carbocycles. The van der Waals surface area contributed by atoms with E-state index in [4.69, 9.17) is 0 Å². The van der Waals surface area contributed by atoms with E-state index < -0.39 is 0 Å². The summed E-state index contributed by atoms with van der Waals surface area (Å²) in [5.41, 5.74) is 6.96. The number of hydrogen-bond acceptors (Lipinski definition) is 4. The molecule has 0 saturated heterocycles. The van der Waals surface area contributed by atoms with Crippen molar-refractivity contribution in [1.82, 2.24) is 24.4 Å². The molecule has 0 atom stereocenters. The Labute approximate surface area is 185 Å². The number of hydrogen-bond donors (Lipinski definition) is 1. The highest BCUT2D eigenvalue weighted by Gasteiger charge is 2.17. The fraction of sp³-hybridized carbons (Fsp3) is 0.120. The third-order valence-corrected chi connectivity index (χ3v) is 5.31. The summed E-state index contributed by atoms with van der Waals surface area (Å²) in [6.07, 6.45) is 6.71. The minimum absolute atomic E-state index is 0.274. The highest BCUT2D eigenvalue weighted by Crippen LogP contribution is 2.22. The van der Waals surface area contributed by atoms with Gasteiger partial charge < -0.3 is 5.32 Å². The molecule has 0 aliphatic rings. The van der Waals surface area contributed by atoms with Crippen molar-refractivity contribution in [3.05, 3.63) is 102 Å². The summed E-state index contributed by atoms with van der Waals surface area (Å²) in [6.45, 7) is 4.74. The van der Waals surface area contributed by atoms with Gasteiger partial charge in [0.05, 0.1) is 30.3 Å². The molecule has 0 bridgehead atoms. The Bertz CT molecular complexity index is 1410. The summed E-state index contributed by atoms with van der Waals surface area (Å²) in [5.74, 6) is -0.274. The summed E-state index contributed by atoms with van der Waals surface area (Å²) < 4.78 is 3.50. The second kappa shape index (κ2) is 8.11. The lowest BCUT2D eigenvalue weighted by molar-refractivity contribution is 0.102. The molecule has 0 spiro atoms. The minimum atomic E-state index is -0.274. The van der Waals surface area contributed by atoms with Crippen LogP contribution in [0.5, 0.6) is 0 Å². The number of nitrogens with zero attached hydrogens (tertiary/aromatic N) is 5. The zero-order valence-electron chi connectivity index (χ0n) is 17.9. The van der Waals surface area contributed by atoms with Gasteiger partial charge in [0.2, 0.25) is 0 Å². The fourth-order valence-electron chi connectivity index (χ4n) is 3.71. The van der Waals surface area contributed by atoms with E-state index in [9.17, 15) is 4.79 Å². The van der Waals surface area contributed by atoms with Crippen LogP contribution in [0.25, 0.3) is 16.9 Å². The molecule has 32 heavy (non-hydrogen) atoms. The van der Waals surface area contributed by atoms with Crippen LogP contribution in [0, 0.1) is 13.8 Å². The predicted octanol–water partition coefficient (Wildman–Crippen LogP) is 4.51. The van der Waals surface area contributed by atoms with E-state index in [0.29, 0.717) is 23.4 Å². The van der Waals surface area contributed by atoms with Gasteiger partial charge in [0, 0.05) is 18.0 Å². The SMILES string of the molecule is Cc1ccc(-c2ccnc3c(C(=O)Nc4cnn(Cc5cccc(C)c5)c4)cnn23)cc1. The summed E-state index contributed by atoms with van der Waals surface area (Å²) in [6, 6.07) is 18.3. The van der Waals surface area contributed by atoms with Gasteiger partial charge in [0.1, 0.15) is 5.56 Å². The first kappa shape index (κ1) is 19.7. The van der Waals surface area contributed by atoms with Crippen LogP contribution in [0.4, 0.5) is 5.69 Å². The molecule has 1 N–H and O–H groups in total. The van der Waals surface area contributed by atoms with E-state index in [0.717, 1.165) is 16.8 Å². The molecule has 5 rings (SSSR count). The second-order valence-electron chi connectivity index (χ2n) is 7.86. The van der Waals surface area contributed by atoms with Crippen LogP contribution >= 0.6 is 0 Å². The molecular weight excluding hydrogens is 400 g/mol. The maximum Gasteiger partial charge on any atom is 0.261 e. The van der Waals surface area contributed by atoms with Gasteiger partial charge in [-0.3, -0.25) is 9.48 Å². The third kappa shape index (κ3) is 3.88. The first-order valence-electron chi connectivity index (χ1n) is 10.4. The zero-order valence-corrected chi connectivity index (χ0v) is 17.9. The van der Waals surface area contributed by atoms with Gasteiger partial charge in [-0.1, -0.05) is 59.7 Å². The molecule has 0 aliphatic heterocycles. The highest BCUT2D eigenvalue weighted by atomic mass is 16.1. The number of fused-ring (bicyclic) bond motifs is 1. The van der Waals surface area contributed by atoms with Crippen molar-refractivity contribution in [2.24, 2.45) is 0 Å². The Morgan fingerprint density at radius 2 is 1.81 bits per heavy atom. The standard InChI is InChI=1S/C25H22N6O/c1-17-6-8-20(9-7-17)23-10-11-26-24-22(14-28-31(23)24)25(32)29-21-13-27-30(16-21)15-19-5-3-4-18(2)12-19/h3-14,16H,15H2,1-2H3,(H,29,32). The molecule has 2 aromatic carbocycles. The molecule has 1 amide bonds. The number of nitrogens with one attached hydrogen (secondary N) is 1. The van der Waals surface area contributed by atoms with E-state index in [2.05, 4.69) is 45.6 Å². The molecule has 0 fully saturated rings. The summed E-state index contributed by atoms with van der Waals surface area (Å²) >= 11 is 0. The molecule has 7 heteroatoms. The summed E-state index contributed by atoms with van der Waals surface area (Å²) in [5, 5.41) is 11.7. The monoisotopic (exact) mass is 422 g/mol. The van der Waals surface area contributed by atoms with Crippen LogP contribution < -0.4 is 5.32 Å². The topological polar surface area (TPSA) is 77.1 Å². The Morgan fingerprint density at radius 3 is 2.62 bits per heavy atom. The van der Waals surface area contributed by atoms with Gasteiger partial charge in [-0.25, -0.2) is 9.50 Å². The Hall–Kier alpha value is -4.26. The average Bonchev–Trinajstić information content (AvgIpc) is 3.41. The van der Waals surface area contributed by atoms with Crippen LogP contribution in [0.1, 0.15) is 27.0 Å². The predicted molar refractivity (Wildman–Crippen MR) is 124 cm³/mol. The van der Waals surface area contributed by atoms with Crippen LogP contribution in [0.15, 0.2) is 79.4 Å². The quantitative estimate of drug-likeness (QED) is 0.452. The van der Waals surface area contributed by atoms with Crippen LogP contribution in [0.3, 0.4) is 0 Å². The van der Waals surface area contributed by atoms with Crippen molar-refractivity contribution in [2.45, 2.75) is 20.4 Å². The molecule has 0 radical (unpaired) electrons. The van der Waals surface area contributed by atoms with E-state index in [1.54, 1.807) is 27.8 Å². The van der Waals surface area contributed by atoms with Gasteiger partial charge in [-0.2, -0.15) is 10.2 Å².